The van der Waals surface area contributed by atoms with Crippen LogP contribution in [0.25, 0.3) is 11.0 Å². The summed E-state index contributed by atoms with van der Waals surface area (Å²) in [4.78, 5) is 11.2. The minimum Gasteiger partial charge on any atom is -0.475 e. The molecule has 0 amide bonds. The molecule has 0 spiro atoms. The van der Waals surface area contributed by atoms with Crippen molar-refractivity contribution < 1.29 is 14.3 Å². The van der Waals surface area contributed by atoms with Crippen LogP contribution >= 0.6 is 22.6 Å². The number of hydrogen-bond donors (Lipinski definition) is 1. The van der Waals surface area contributed by atoms with Gasteiger partial charge >= 0.3 is 5.97 Å². The second-order valence-corrected chi connectivity index (χ2v) is 5.59. The summed E-state index contributed by atoms with van der Waals surface area (Å²) in [6, 6.07) is 5.76. The van der Waals surface area contributed by atoms with E-state index in [0.717, 1.165) is 14.5 Å². The Morgan fingerprint density at radius 2 is 2.18 bits per heavy atom. The molecule has 90 valence electrons. The first-order valence-electron chi connectivity index (χ1n) is 5.44. The minimum atomic E-state index is -0.993. The van der Waals surface area contributed by atoms with Gasteiger partial charge in [0.25, 0.3) is 0 Å². The van der Waals surface area contributed by atoms with Crippen LogP contribution in [0.5, 0.6) is 0 Å². The van der Waals surface area contributed by atoms with Gasteiger partial charge in [-0.2, -0.15) is 0 Å². The molecule has 0 aliphatic heterocycles. The Bertz CT molecular complexity index is 569. The molecule has 1 N–H and O–H groups in total. The van der Waals surface area contributed by atoms with Gasteiger partial charge in [0.15, 0.2) is 0 Å². The van der Waals surface area contributed by atoms with Crippen LogP contribution in [-0.4, -0.2) is 11.1 Å². The van der Waals surface area contributed by atoms with Gasteiger partial charge in [-0.1, -0.05) is 26.0 Å². The van der Waals surface area contributed by atoms with Crippen LogP contribution in [0, 0.1) is 9.49 Å². The molecular weight excluding hydrogens is 331 g/mol. The van der Waals surface area contributed by atoms with Crippen molar-refractivity contribution in [2.45, 2.75) is 20.3 Å². The molecule has 0 aliphatic rings. The number of carboxylic acid groups (broad SMARTS) is 1. The highest BCUT2D eigenvalue weighted by molar-refractivity contribution is 14.1. The van der Waals surface area contributed by atoms with E-state index in [4.69, 9.17) is 4.42 Å². The number of benzene rings is 1. The van der Waals surface area contributed by atoms with E-state index in [0.29, 0.717) is 17.9 Å². The number of fused-ring (bicyclic) bond motifs is 1. The van der Waals surface area contributed by atoms with Crippen LogP contribution in [0.15, 0.2) is 22.6 Å². The zero-order chi connectivity index (χ0) is 12.6. The standard InChI is InChI=1S/C13H13IO3/c1-7(2)6-9-8-4-3-5-10(14)11(8)17-12(9)13(15)16/h3-5,7H,6H2,1-2H3,(H,15,16). The molecule has 1 aromatic heterocycles. The smallest absolute Gasteiger partial charge is 0.372 e. The molecule has 0 saturated heterocycles. The topological polar surface area (TPSA) is 50.4 Å². The number of furan rings is 1. The Morgan fingerprint density at radius 3 is 2.76 bits per heavy atom. The van der Waals surface area contributed by atoms with E-state index in [1.807, 2.05) is 18.2 Å². The van der Waals surface area contributed by atoms with Gasteiger partial charge in [0, 0.05) is 10.9 Å². The van der Waals surface area contributed by atoms with Crippen LogP contribution < -0.4 is 0 Å². The van der Waals surface area contributed by atoms with Gasteiger partial charge in [0.05, 0.1) is 3.57 Å². The highest BCUT2D eigenvalue weighted by atomic mass is 127. The molecule has 4 heteroatoms. The summed E-state index contributed by atoms with van der Waals surface area (Å²) in [6.07, 6.45) is 0.717. The molecular formula is C13H13IO3. The summed E-state index contributed by atoms with van der Waals surface area (Å²) in [5, 5.41) is 10.1. The molecule has 0 radical (unpaired) electrons. The van der Waals surface area contributed by atoms with Gasteiger partial charge in [-0.15, -0.1) is 0 Å². The van der Waals surface area contributed by atoms with Gasteiger partial charge in [-0.25, -0.2) is 4.79 Å². The lowest BCUT2D eigenvalue weighted by Crippen LogP contribution is -2.02. The first kappa shape index (κ1) is 12.4. The van der Waals surface area contributed by atoms with E-state index in [2.05, 4.69) is 36.4 Å². The summed E-state index contributed by atoms with van der Waals surface area (Å²) in [5.74, 6) is -0.516. The zero-order valence-electron chi connectivity index (χ0n) is 9.66. The third-order valence-electron chi connectivity index (χ3n) is 2.58. The van der Waals surface area contributed by atoms with Crippen molar-refractivity contribution in [3.63, 3.8) is 0 Å². The minimum absolute atomic E-state index is 0.0813. The maximum atomic E-state index is 11.2. The van der Waals surface area contributed by atoms with Crippen LogP contribution in [0.3, 0.4) is 0 Å². The fraction of sp³-hybridized carbons (Fsp3) is 0.308. The van der Waals surface area contributed by atoms with E-state index < -0.39 is 5.97 Å². The molecule has 0 fully saturated rings. The second kappa shape index (κ2) is 4.68. The fourth-order valence-electron chi connectivity index (χ4n) is 1.92. The van der Waals surface area contributed by atoms with Crippen LogP contribution in [0.4, 0.5) is 0 Å². The highest BCUT2D eigenvalue weighted by Gasteiger charge is 2.21. The number of carbonyl (C=O) groups is 1. The van der Waals surface area contributed by atoms with Gasteiger partial charge in [-0.05, 0) is 41.0 Å². The maximum Gasteiger partial charge on any atom is 0.372 e. The van der Waals surface area contributed by atoms with E-state index in [9.17, 15) is 9.90 Å². The lowest BCUT2D eigenvalue weighted by atomic mass is 10.00. The van der Waals surface area contributed by atoms with Crippen LogP contribution in [0.1, 0.15) is 30.0 Å². The summed E-state index contributed by atoms with van der Waals surface area (Å²) >= 11 is 2.16. The number of para-hydroxylation sites is 1. The van der Waals surface area contributed by atoms with E-state index >= 15 is 0 Å². The second-order valence-electron chi connectivity index (χ2n) is 4.43. The Morgan fingerprint density at radius 1 is 1.47 bits per heavy atom. The summed E-state index contributed by atoms with van der Waals surface area (Å²) < 4.78 is 6.43. The molecule has 17 heavy (non-hydrogen) atoms. The summed E-state index contributed by atoms with van der Waals surface area (Å²) in [6.45, 7) is 4.14. The Balaban J connectivity index is 2.71. The normalized spacial score (nSPS) is 11.3. The Hall–Kier alpha value is -1.04. The van der Waals surface area contributed by atoms with Crippen LogP contribution in [-0.2, 0) is 6.42 Å². The number of halogens is 1. The molecule has 0 atom stereocenters. The molecule has 2 aromatic rings. The predicted molar refractivity (Wildman–Crippen MR) is 74.4 cm³/mol. The molecule has 2 rings (SSSR count). The first-order valence-corrected chi connectivity index (χ1v) is 6.51. The fourth-order valence-corrected chi connectivity index (χ4v) is 2.53. The van der Waals surface area contributed by atoms with E-state index in [1.54, 1.807) is 0 Å². The number of rotatable bonds is 3. The molecule has 3 nitrogen and oxygen atoms in total. The van der Waals surface area contributed by atoms with Crippen molar-refractivity contribution in [3.05, 3.63) is 33.1 Å². The van der Waals surface area contributed by atoms with Crippen molar-refractivity contribution in [2.75, 3.05) is 0 Å². The quantitative estimate of drug-likeness (QED) is 0.859. The number of carboxylic acids is 1. The molecule has 1 aromatic carbocycles. The molecule has 0 aliphatic carbocycles. The lowest BCUT2D eigenvalue weighted by Gasteiger charge is -2.03. The van der Waals surface area contributed by atoms with Gasteiger partial charge in [0.1, 0.15) is 5.58 Å². The average molecular weight is 344 g/mol. The summed E-state index contributed by atoms with van der Waals surface area (Å²) in [5.41, 5.74) is 1.49. The third-order valence-corrected chi connectivity index (χ3v) is 3.43. The van der Waals surface area contributed by atoms with Gasteiger partial charge in [-0.3, -0.25) is 0 Å². The van der Waals surface area contributed by atoms with E-state index in [1.165, 1.54) is 0 Å². The largest absolute Gasteiger partial charge is 0.475 e. The number of hydrogen-bond acceptors (Lipinski definition) is 2. The first-order chi connectivity index (χ1) is 8.00. The van der Waals surface area contributed by atoms with E-state index in [-0.39, 0.29) is 5.76 Å². The maximum absolute atomic E-state index is 11.2. The molecule has 0 bridgehead atoms. The van der Waals surface area contributed by atoms with Crippen molar-refractivity contribution in [1.29, 1.82) is 0 Å². The van der Waals surface area contributed by atoms with Gasteiger partial charge in [0.2, 0.25) is 5.76 Å². The molecule has 1 heterocycles. The number of aromatic carboxylic acids is 1. The average Bonchev–Trinajstić information content (AvgIpc) is 2.58. The molecule has 0 saturated carbocycles. The monoisotopic (exact) mass is 344 g/mol. The third kappa shape index (κ3) is 2.31. The SMILES string of the molecule is CC(C)Cc1c(C(=O)O)oc2c(I)cccc12. The van der Waals surface area contributed by atoms with Gasteiger partial charge < -0.3 is 9.52 Å². The van der Waals surface area contributed by atoms with Crippen molar-refractivity contribution in [1.82, 2.24) is 0 Å². The predicted octanol–water partition coefficient (Wildman–Crippen LogP) is 3.93. The zero-order valence-corrected chi connectivity index (χ0v) is 11.8. The summed E-state index contributed by atoms with van der Waals surface area (Å²) in [7, 11) is 0. The van der Waals surface area contributed by atoms with Crippen molar-refractivity contribution in [2.24, 2.45) is 5.92 Å². The van der Waals surface area contributed by atoms with Crippen molar-refractivity contribution >= 4 is 39.5 Å². The Labute approximate surface area is 113 Å². The van der Waals surface area contributed by atoms with Crippen molar-refractivity contribution in [3.8, 4) is 0 Å². The molecule has 0 unspecified atom stereocenters. The highest BCUT2D eigenvalue weighted by Crippen LogP contribution is 2.31. The van der Waals surface area contributed by atoms with Crippen LogP contribution in [0.2, 0.25) is 0 Å². The lowest BCUT2D eigenvalue weighted by molar-refractivity contribution is 0.0663. The Kier molecular flexibility index (Phi) is 3.42.